The fraction of sp³-hybridized carbons (Fsp3) is 0.444. The van der Waals surface area contributed by atoms with Gasteiger partial charge in [-0.1, -0.05) is 51.5 Å². The Labute approximate surface area is 131 Å². The molecule has 1 aromatic heterocycles. The highest BCUT2D eigenvalue weighted by Crippen LogP contribution is 2.27. The number of amides is 1. The quantitative estimate of drug-likeness (QED) is 0.840. The maximum Gasteiger partial charge on any atom is 0.291 e. The number of hydrogen-bond donors (Lipinski definition) is 0. The molecule has 22 heavy (non-hydrogen) atoms. The van der Waals surface area contributed by atoms with Crippen molar-refractivity contribution >= 4 is 5.91 Å². The lowest BCUT2D eigenvalue weighted by atomic mass is 10.0. The van der Waals surface area contributed by atoms with Crippen molar-refractivity contribution < 1.29 is 4.79 Å². The molecule has 2 aromatic rings. The number of unbranched alkanes of at least 4 members (excludes halogenated alkanes) is 1. The molecule has 1 aromatic carbocycles. The minimum atomic E-state index is 0.0542. The minimum Gasteiger partial charge on any atom is -0.318 e. The number of imidazole rings is 1. The molecule has 3 rings (SSSR count). The number of aromatic nitrogens is 2. The Morgan fingerprint density at radius 3 is 2.59 bits per heavy atom. The number of nitrogens with zero attached hydrogens (tertiary/aromatic N) is 3. The summed E-state index contributed by atoms with van der Waals surface area (Å²) in [6, 6.07) is 8.56. The predicted molar refractivity (Wildman–Crippen MR) is 87.7 cm³/mol. The van der Waals surface area contributed by atoms with Gasteiger partial charge >= 0.3 is 0 Å². The van der Waals surface area contributed by atoms with Gasteiger partial charge in [-0.15, -0.1) is 0 Å². The second kappa shape index (κ2) is 5.95. The monoisotopic (exact) mass is 297 g/mol. The number of hydrogen-bond acceptors (Lipinski definition) is 2. The summed E-state index contributed by atoms with van der Waals surface area (Å²) in [6.07, 6.45) is 3.94. The average molecular weight is 297 g/mol. The second-order valence-electron chi connectivity index (χ2n) is 6.24. The average Bonchev–Trinajstić information content (AvgIpc) is 3.06. The predicted octanol–water partition coefficient (Wildman–Crippen LogP) is 3.89. The molecule has 0 saturated carbocycles. The van der Waals surface area contributed by atoms with Crippen LogP contribution in [0.1, 0.15) is 55.7 Å². The molecule has 4 nitrogen and oxygen atoms in total. The molecule has 0 spiro atoms. The van der Waals surface area contributed by atoms with E-state index in [4.69, 9.17) is 0 Å². The smallest absolute Gasteiger partial charge is 0.291 e. The molecule has 4 heteroatoms. The van der Waals surface area contributed by atoms with E-state index in [0.717, 1.165) is 30.6 Å². The highest BCUT2D eigenvalue weighted by molar-refractivity contribution is 5.93. The summed E-state index contributed by atoms with van der Waals surface area (Å²) in [6.45, 7) is 7.95. The third-order valence-corrected chi connectivity index (χ3v) is 4.30. The van der Waals surface area contributed by atoms with Crippen molar-refractivity contribution in [2.45, 2.75) is 46.2 Å². The summed E-state index contributed by atoms with van der Waals surface area (Å²) >= 11 is 0. The molecule has 0 saturated heterocycles. The Morgan fingerprint density at radius 2 is 1.95 bits per heavy atom. The van der Waals surface area contributed by atoms with Crippen molar-refractivity contribution in [1.29, 1.82) is 0 Å². The van der Waals surface area contributed by atoms with Crippen LogP contribution in [0, 0.1) is 0 Å². The molecule has 0 fully saturated rings. The van der Waals surface area contributed by atoms with Gasteiger partial charge in [0.25, 0.3) is 5.91 Å². The Kier molecular flexibility index (Phi) is 4.01. The third-order valence-electron chi connectivity index (χ3n) is 4.30. The Bertz CT molecular complexity index is 670. The number of fused-ring (bicyclic) bond motifs is 1. The number of carbonyl (C=O) groups excluding carboxylic acids is 1. The summed E-state index contributed by atoms with van der Waals surface area (Å²) < 4.78 is 2.03. The summed E-state index contributed by atoms with van der Waals surface area (Å²) in [5.41, 5.74) is 3.47. The van der Waals surface area contributed by atoms with E-state index in [2.05, 4.69) is 50.0 Å². The van der Waals surface area contributed by atoms with Crippen molar-refractivity contribution in [1.82, 2.24) is 14.5 Å². The van der Waals surface area contributed by atoms with Crippen LogP contribution in [0.25, 0.3) is 11.3 Å². The first-order chi connectivity index (χ1) is 10.6. The highest BCUT2D eigenvalue weighted by Gasteiger charge is 2.30. The fourth-order valence-corrected chi connectivity index (χ4v) is 2.86. The topological polar surface area (TPSA) is 38.1 Å². The van der Waals surface area contributed by atoms with Crippen LogP contribution in [-0.2, 0) is 6.67 Å². The molecule has 0 unspecified atom stereocenters. The summed E-state index contributed by atoms with van der Waals surface area (Å²) in [7, 11) is 0. The van der Waals surface area contributed by atoms with Crippen molar-refractivity contribution in [3.05, 3.63) is 41.9 Å². The van der Waals surface area contributed by atoms with Gasteiger partial charge in [0.05, 0.1) is 18.6 Å². The zero-order valence-electron chi connectivity index (χ0n) is 13.5. The molecule has 0 radical (unpaired) electrons. The van der Waals surface area contributed by atoms with E-state index in [1.54, 1.807) is 0 Å². The van der Waals surface area contributed by atoms with Crippen LogP contribution < -0.4 is 0 Å². The van der Waals surface area contributed by atoms with Gasteiger partial charge in [-0.05, 0) is 23.5 Å². The normalized spacial score (nSPS) is 14.0. The van der Waals surface area contributed by atoms with Crippen molar-refractivity contribution in [3.8, 4) is 11.3 Å². The Morgan fingerprint density at radius 1 is 1.23 bits per heavy atom. The SMILES string of the molecule is CCCCN1Cn2c(-c3ccc(C(C)C)cc3)cnc2C1=O. The van der Waals surface area contributed by atoms with E-state index in [-0.39, 0.29) is 5.91 Å². The second-order valence-corrected chi connectivity index (χ2v) is 6.24. The van der Waals surface area contributed by atoms with Crippen LogP contribution in [0.3, 0.4) is 0 Å². The molecule has 0 N–H and O–H groups in total. The van der Waals surface area contributed by atoms with Crippen molar-refractivity contribution in [2.24, 2.45) is 0 Å². The molecule has 1 amide bonds. The molecule has 1 aliphatic rings. The van der Waals surface area contributed by atoms with Crippen LogP contribution in [0.5, 0.6) is 0 Å². The highest BCUT2D eigenvalue weighted by atomic mass is 16.2. The first kappa shape index (κ1) is 14.8. The van der Waals surface area contributed by atoms with Crippen LogP contribution in [0.2, 0.25) is 0 Å². The van der Waals surface area contributed by atoms with E-state index in [1.807, 2.05) is 15.7 Å². The molecule has 0 aliphatic carbocycles. The van der Waals surface area contributed by atoms with E-state index in [9.17, 15) is 4.79 Å². The van der Waals surface area contributed by atoms with E-state index in [1.165, 1.54) is 5.56 Å². The lowest BCUT2D eigenvalue weighted by molar-refractivity contribution is 0.0764. The number of carbonyl (C=O) groups is 1. The van der Waals surface area contributed by atoms with Gasteiger partial charge in [-0.2, -0.15) is 0 Å². The van der Waals surface area contributed by atoms with Gasteiger partial charge in [0, 0.05) is 6.54 Å². The maximum atomic E-state index is 12.3. The minimum absolute atomic E-state index is 0.0542. The maximum absolute atomic E-state index is 12.3. The summed E-state index contributed by atoms with van der Waals surface area (Å²) in [5.74, 6) is 1.15. The van der Waals surface area contributed by atoms with Gasteiger partial charge in [-0.25, -0.2) is 4.98 Å². The molecule has 0 atom stereocenters. The van der Waals surface area contributed by atoms with Gasteiger partial charge in [0.2, 0.25) is 5.82 Å². The van der Waals surface area contributed by atoms with Crippen molar-refractivity contribution in [2.75, 3.05) is 6.54 Å². The third kappa shape index (κ3) is 2.54. The molecule has 2 heterocycles. The fourth-order valence-electron chi connectivity index (χ4n) is 2.86. The standard InChI is InChI=1S/C18H23N3O/c1-4-5-10-20-12-21-16(11-19-17(21)18(20)22)15-8-6-14(7-9-15)13(2)3/h6-9,11,13H,4-5,10,12H2,1-3H3. The number of benzene rings is 1. The summed E-state index contributed by atoms with van der Waals surface area (Å²) in [5, 5.41) is 0. The largest absolute Gasteiger partial charge is 0.318 e. The van der Waals surface area contributed by atoms with Crippen LogP contribution >= 0.6 is 0 Å². The molecular formula is C18H23N3O. The van der Waals surface area contributed by atoms with Gasteiger partial charge in [-0.3, -0.25) is 4.79 Å². The van der Waals surface area contributed by atoms with E-state index in [0.29, 0.717) is 18.4 Å². The zero-order chi connectivity index (χ0) is 15.7. The van der Waals surface area contributed by atoms with Gasteiger partial charge < -0.3 is 9.47 Å². The Balaban J connectivity index is 1.87. The van der Waals surface area contributed by atoms with Crippen molar-refractivity contribution in [3.63, 3.8) is 0 Å². The first-order valence-electron chi connectivity index (χ1n) is 8.07. The summed E-state index contributed by atoms with van der Waals surface area (Å²) in [4.78, 5) is 18.6. The van der Waals surface area contributed by atoms with Gasteiger partial charge in [0.15, 0.2) is 0 Å². The lowest BCUT2D eigenvalue weighted by Crippen LogP contribution is -2.25. The van der Waals surface area contributed by atoms with Gasteiger partial charge in [0.1, 0.15) is 0 Å². The number of rotatable bonds is 5. The van der Waals surface area contributed by atoms with Crippen LogP contribution in [0.15, 0.2) is 30.5 Å². The van der Waals surface area contributed by atoms with Crippen LogP contribution in [0.4, 0.5) is 0 Å². The van der Waals surface area contributed by atoms with Crippen LogP contribution in [-0.4, -0.2) is 26.9 Å². The zero-order valence-corrected chi connectivity index (χ0v) is 13.5. The first-order valence-corrected chi connectivity index (χ1v) is 8.07. The molecule has 1 aliphatic heterocycles. The van der Waals surface area contributed by atoms with E-state index < -0.39 is 0 Å². The Hall–Kier alpha value is -2.10. The molecular weight excluding hydrogens is 274 g/mol. The van der Waals surface area contributed by atoms with E-state index >= 15 is 0 Å². The molecule has 116 valence electrons. The lowest BCUT2D eigenvalue weighted by Gasteiger charge is -2.15. The molecule has 0 bridgehead atoms.